The normalized spacial score (nSPS) is 17.7. The summed E-state index contributed by atoms with van der Waals surface area (Å²) in [7, 11) is 0. The molecular weight excluding hydrogens is 409 g/mol. The number of likely N-dealkylation sites (tertiary alicyclic amines) is 1. The highest BCUT2D eigenvalue weighted by molar-refractivity contribution is 5.98. The van der Waals surface area contributed by atoms with E-state index in [4.69, 9.17) is 0 Å². The monoisotopic (exact) mass is 435 g/mol. The number of rotatable bonds is 4. The maximum atomic E-state index is 13.0. The van der Waals surface area contributed by atoms with Gasteiger partial charge >= 0.3 is 0 Å². The van der Waals surface area contributed by atoms with Crippen LogP contribution in [0.3, 0.4) is 0 Å². The van der Waals surface area contributed by atoms with Crippen molar-refractivity contribution in [2.75, 3.05) is 18.4 Å². The number of nitrogens with one attached hydrogen (secondary N) is 1. The molecule has 2 fully saturated rings. The van der Waals surface area contributed by atoms with Gasteiger partial charge in [0, 0.05) is 30.3 Å². The quantitative estimate of drug-likeness (QED) is 0.667. The average molecular weight is 436 g/mol. The van der Waals surface area contributed by atoms with Gasteiger partial charge in [-0.05, 0) is 68.1 Å². The van der Waals surface area contributed by atoms with Crippen LogP contribution in [0, 0.1) is 11.7 Å². The van der Waals surface area contributed by atoms with Crippen molar-refractivity contribution < 1.29 is 14.0 Å². The second-order valence-electron chi connectivity index (χ2n) is 8.74. The van der Waals surface area contributed by atoms with Gasteiger partial charge < -0.3 is 10.2 Å². The third kappa shape index (κ3) is 4.09. The molecule has 0 unspecified atom stereocenters. The fourth-order valence-corrected chi connectivity index (χ4v) is 4.80. The Morgan fingerprint density at radius 1 is 0.969 bits per heavy atom. The lowest BCUT2D eigenvalue weighted by Crippen LogP contribution is -2.41. The molecule has 1 aromatic heterocycles. The molecule has 2 aromatic carbocycles. The van der Waals surface area contributed by atoms with Gasteiger partial charge in [0.15, 0.2) is 0 Å². The van der Waals surface area contributed by atoms with Gasteiger partial charge in [0.2, 0.25) is 5.91 Å². The Balaban J connectivity index is 1.21. The molecule has 0 bridgehead atoms. The van der Waals surface area contributed by atoms with Gasteiger partial charge in [-0.2, -0.15) is 0 Å². The summed E-state index contributed by atoms with van der Waals surface area (Å²) in [5.41, 5.74) is 2.90. The first-order chi connectivity index (χ1) is 15.6. The molecule has 7 nitrogen and oxygen atoms in total. The largest absolute Gasteiger partial charge is 0.339 e. The zero-order valence-electron chi connectivity index (χ0n) is 17.8. The minimum absolute atomic E-state index is 0.0419. The lowest BCUT2D eigenvalue weighted by molar-refractivity contribution is -0.121. The summed E-state index contributed by atoms with van der Waals surface area (Å²) in [6.45, 7) is 1.04. The number of amides is 2. The van der Waals surface area contributed by atoms with Crippen LogP contribution in [-0.4, -0.2) is 44.8 Å². The average Bonchev–Trinajstić information content (AvgIpc) is 3.49. The summed E-state index contributed by atoms with van der Waals surface area (Å²) in [6, 6.07) is 11.8. The Kier molecular flexibility index (Phi) is 5.59. The lowest BCUT2D eigenvalue weighted by Gasteiger charge is -2.31. The van der Waals surface area contributed by atoms with E-state index in [1.165, 1.54) is 25.0 Å². The van der Waals surface area contributed by atoms with E-state index < -0.39 is 0 Å². The number of hydrogen-bond acceptors (Lipinski definition) is 4. The molecule has 1 N–H and O–H groups in total. The molecule has 32 heavy (non-hydrogen) atoms. The molecule has 2 aliphatic rings. The molecule has 1 saturated carbocycles. The van der Waals surface area contributed by atoms with Crippen molar-refractivity contribution in [2.45, 2.75) is 44.6 Å². The van der Waals surface area contributed by atoms with Gasteiger partial charge in [0.05, 0.1) is 11.6 Å². The van der Waals surface area contributed by atoms with Gasteiger partial charge in [-0.3, -0.25) is 9.59 Å². The lowest BCUT2D eigenvalue weighted by atomic mass is 9.95. The number of carbonyl (C=O) groups excluding carboxylic acids is 2. The molecule has 8 heteroatoms. The van der Waals surface area contributed by atoms with E-state index in [0.29, 0.717) is 43.2 Å². The number of hydrogen-bond donors (Lipinski definition) is 1. The molecular formula is C24H26FN5O2. The number of fused-ring (bicyclic) bond motifs is 1. The topological polar surface area (TPSA) is 80.1 Å². The first-order valence-electron chi connectivity index (χ1n) is 11.3. The molecule has 1 aliphatic carbocycles. The van der Waals surface area contributed by atoms with Gasteiger partial charge in [-0.25, -0.2) is 9.07 Å². The summed E-state index contributed by atoms with van der Waals surface area (Å²) >= 11 is 0. The highest BCUT2D eigenvalue weighted by Crippen LogP contribution is 2.31. The summed E-state index contributed by atoms with van der Waals surface area (Å²) < 4.78 is 15.0. The number of anilines is 1. The molecule has 1 saturated heterocycles. The Hall–Kier alpha value is -3.29. The van der Waals surface area contributed by atoms with E-state index >= 15 is 0 Å². The van der Waals surface area contributed by atoms with Gasteiger partial charge in [0.25, 0.3) is 5.91 Å². The van der Waals surface area contributed by atoms with Crippen molar-refractivity contribution in [3.05, 3.63) is 53.8 Å². The molecule has 0 atom stereocenters. The van der Waals surface area contributed by atoms with Gasteiger partial charge in [0.1, 0.15) is 11.3 Å². The summed E-state index contributed by atoms with van der Waals surface area (Å²) in [6.07, 6.45) is 5.89. The van der Waals surface area contributed by atoms with E-state index in [9.17, 15) is 14.0 Å². The van der Waals surface area contributed by atoms with Crippen LogP contribution < -0.4 is 5.32 Å². The van der Waals surface area contributed by atoms with E-state index in [1.807, 2.05) is 22.9 Å². The summed E-state index contributed by atoms with van der Waals surface area (Å²) in [5.74, 6) is -0.639. The zero-order valence-corrected chi connectivity index (χ0v) is 17.8. The second-order valence-corrected chi connectivity index (χ2v) is 8.74. The fourth-order valence-electron chi connectivity index (χ4n) is 4.80. The molecule has 2 heterocycles. The summed E-state index contributed by atoms with van der Waals surface area (Å²) in [5, 5.41) is 11.5. The number of carbonyl (C=O) groups is 2. The third-order valence-corrected chi connectivity index (χ3v) is 6.65. The number of piperidine rings is 1. The Morgan fingerprint density at radius 2 is 1.69 bits per heavy atom. The van der Waals surface area contributed by atoms with Crippen LogP contribution in [0.2, 0.25) is 0 Å². The standard InChI is InChI=1S/C24H26FN5O2/c25-18-6-8-19(9-7-18)26-23(31)16-11-13-29(14-12-16)24(32)17-5-10-22-21(15-17)27-28-30(22)20-3-1-2-4-20/h5-10,15-16,20H,1-4,11-14H2,(H,26,31). The fraction of sp³-hybridized carbons (Fsp3) is 0.417. The summed E-state index contributed by atoms with van der Waals surface area (Å²) in [4.78, 5) is 27.4. The predicted molar refractivity (Wildman–Crippen MR) is 119 cm³/mol. The van der Waals surface area contributed by atoms with E-state index in [0.717, 1.165) is 23.9 Å². The van der Waals surface area contributed by atoms with E-state index in [2.05, 4.69) is 15.6 Å². The van der Waals surface area contributed by atoms with Crippen molar-refractivity contribution >= 4 is 28.5 Å². The van der Waals surface area contributed by atoms with Crippen LogP contribution in [0.1, 0.15) is 54.9 Å². The van der Waals surface area contributed by atoms with Crippen molar-refractivity contribution in [1.82, 2.24) is 19.9 Å². The first-order valence-corrected chi connectivity index (χ1v) is 11.3. The molecule has 0 radical (unpaired) electrons. The minimum Gasteiger partial charge on any atom is -0.339 e. The predicted octanol–water partition coefficient (Wildman–Crippen LogP) is 4.18. The highest BCUT2D eigenvalue weighted by Gasteiger charge is 2.28. The Labute approximate surface area is 185 Å². The van der Waals surface area contributed by atoms with E-state index in [1.54, 1.807) is 17.0 Å². The Morgan fingerprint density at radius 3 is 2.41 bits per heavy atom. The molecule has 3 aromatic rings. The van der Waals surface area contributed by atoms with Crippen molar-refractivity contribution in [3.63, 3.8) is 0 Å². The third-order valence-electron chi connectivity index (χ3n) is 6.65. The van der Waals surface area contributed by atoms with Crippen LogP contribution in [0.25, 0.3) is 11.0 Å². The van der Waals surface area contributed by atoms with Gasteiger partial charge in [-0.15, -0.1) is 5.10 Å². The first kappa shape index (κ1) is 20.6. The molecule has 5 rings (SSSR count). The molecule has 0 spiro atoms. The van der Waals surface area contributed by atoms with Crippen LogP contribution >= 0.6 is 0 Å². The van der Waals surface area contributed by atoms with Crippen molar-refractivity contribution in [1.29, 1.82) is 0 Å². The molecule has 1 aliphatic heterocycles. The van der Waals surface area contributed by atoms with Crippen LogP contribution in [0.5, 0.6) is 0 Å². The highest BCUT2D eigenvalue weighted by atomic mass is 19.1. The smallest absolute Gasteiger partial charge is 0.253 e. The number of halogens is 1. The SMILES string of the molecule is O=C(Nc1ccc(F)cc1)C1CCN(C(=O)c2ccc3c(c2)nnn3C2CCCC2)CC1. The van der Waals surface area contributed by atoms with Crippen LogP contribution in [0.15, 0.2) is 42.5 Å². The number of benzene rings is 2. The van der Waals surface area contributed by atoms with Crippen LogP contribution in [-0.2, 0) is 4.79 Å². The maximum absolute atomic E-state index is 13.0. The van der Waals surface area contributed by atoms with Gasteiger partial charge in [-0.1, -0.05) is 18.1 Å². The van der Waals surface area contributed by atoms with Crippen molar-refractivity contribution in [2.24, 2.45) is 5.92 Å². The number of nitrogens with zero attached hydrogens (tertiary/aromatic N) is 4. The zero-order chi connectivity index (χ0) is 22.1. The second kappa shape index (κ2) is 8.68. The molecule has 166 valence electrons. The minimum atomic E-state index is -0.339. The van der Waals surface area contributed by atoms with Crippen LogP contribution in [0.4, 0.5) is 10.1 Å². The number of aromatic nitrogens is 3. The van der Waals surface area contributed by atoms with Crippen molar-refractivity contribution in [3.8, 4) is 0 Å². The maximum Gasteiger partial charge on any atom is 0.253 e. The molecule has 2 amide bonds. The van der Waals surface area contributed by atoms with E-state index in [-0.39, 0.29) is 23.5 Å². The Bertz CT molecular complexity index is 1130.